The highest BCUT2D eigenvalue weighted by molar-refractivity contribution is 5.93. The van der Waals surface area contributed by atoms with E-state index in [1.165, 1.54) is 32.1 Å². The van der Waals surface area contributed by atoms with Crippen molar-refractivity contribution < 1.29 is 9.21 Å². The molecule has 2 saturated carbocycles. The van der Waals surface area contributed by atoms with E-state index in [1.807, 2.05) is 11.8 Å². The first kappa shape index (κ1) is 15.1. The maximum atomic E-state index is 12.9. The lowest BCUT2D eigenvalue weighted by Crippen LogP contribution is -2.30. The van der Waals surface area contributed by atoms with Crippen molar-refractivity contribution in [1.82, 2.24) is 25.1 Å². The van der Waals surface area contributed by atoms with E-state index >= 15 is 0 Å². The van der Waals surface area contributed by atoms with Gasteiger partial charge in [0, 0.05) is 31.3 Å². The molecule has 3 heterocycles. The van der Waals surface area contributed by atoms with Crippen LogP contribution in [-0.4, -0.2) is 44.1 Å². The third-order valence-corrected chi connectivity index (χ3v) is 5.86. The summed E-state index contributed by atoms with van der Waals surface area (Å²) in [6.45, 7) is 3.45. The molecular weight excluding hydrogens is 318 g/mol. The molecule has 1 amide bonds. The molecule has 0 bridgehead atoms. The van der Waals surface area contributed by atoms with E-state index in [0.29, 0.717) is 42.2 Å². The van der Waals surface area contributed by atoms with Crippen LogP contribution < -0.4 is 0 Å². The van der Waals surface area contributed by atoms with Crippen LogP contribution in [0.1, 0.15) is 72.3 Å². The van der Waals surface area contributed by atoms with E-state index in [-0.39, 0.29) is 11.8 Å². The van der Waals surface area contributed by atoms with Gasteiger partial charge in [-0.15, -0.1) is 0 Å². The molecule has 3 aliphatic rings. The Hall–Kier alpha value is -2.18. The topological polar surface area (TPSA) is 87.9 Å². The molecule has 7 heteroatoms. The van der Waals surface area contributed by atoms with Crippen molar-refractivity contribution in [2.75, 3.05) is 13.1 Å². The van der Waals surface area contributed by atoms with Crippen molar-refractivity contribution in [3.05, 3.63) is 29.5 Å². The van der Waals surface area contributed by atoms with Gasteiger partial charge in [0.05, 0.1) is 0 Å². The lowest BCUT2D eigenvalue weighted by molar-refractivity contribution is 0.0777. The van der Waals surface area contributed by atoms with Crippen molar-refractivity contribution in [1.29, 1.82) is 0 Å². The van der Waals surface area contributed by atoms with E-state index < -0.39 is 0 Å². The highest BCUT2D eigenvalue weighted by atomic mass is 16.3. The summed E-state index contributed by atoms with van der Waals surface area (Å²) in [6.07, 6.45) is 6.97. The molecule has 2 aromatic heterocycles. The lowest BCUT2D eigenvalue weighted by atomic mass is 9.91. The number of aryl methyl sites for hydroxylation is 1. The fourth-order valence-electron chi connectivity index (χ4n) is 4.11. The van der Waals surface area contributed by atoms with E-state index in [9.17, 15) is 4.79 Å². The number of hydrogen-bond donors (Lipinski definition) is 1. The third-order valence-electron chi connectivity index (χ3n) is 5.86. The summed E-state index contributed by atoms with van der Waals surface area (Å²) in [6, 6.07) is 0. The Kier molecular flexibility index (Phi) is 3.43. The normalized spacial score (nSPS) is 26.4. The molecule has 1 N–H and O–H groups in total. The molecular formula is C18H23N5O2. The molecule has 5 rings (SSSR count). The summed E-state index contributed by atoms with van der Waals surface area (Å²) in [5.74, 6) is 4.57. The fourth-order valence-corrected chi connectivity index (χ4v) is 4.11. The Balaban J connectivity index is 1.39. The Bertz CT molecular complexity index is 789. The van der Waals surface area contributed by atoms with Crippen molar-refractivity contribution in [2.45, 2.75) is 50.9 Å². The number of nitrogens with zero attached hydrogens (tertiary/aromatic N) is 4. The van der Waals surface area contributed by atoms with Crippen LogP contribution in [0.2, 0.25) is 0 Å². The fraction of sp³-hybridized carbons (Fsp3) is 0.667. The van der Waals surface area contributed by atoms with Crippen LogP contribution in [0.5, 0.6) is 0 Å². The van der Waals surface area contributed by atoms with Crippen LogP contribution in [0.25, 0.3) is 0 Å². The molecule has 3 fully saturated rings. The molecule has 0 radical (unpaired) electrons. The second-order valence-electron chi connectivity index (χ2n) is 7.65. The number of likely N-dealkylation sites (tertiary alicyclic amines) is 1. The summed E-state index contributed by atoms with van der Waals surface area (Å²) in [4.78, 5) is 23.8. The number of H-pyrrole nitrogens is 1. The quantitative estimate of drug-likeness (QED) is 0.903. The molecule has 1 aliphatic heterocycles. The standard InChI is InChI=1S/C18H23N5O2/c1-2-14-15(19-9-25-14)18(24)23-7-12(10-3-4-10)13(8-23)17-20-16(21-22-17)11-5-6-11/h9-13H,2-8H2,1H3,(H,20,21,22)/t12-,13+/m1/s1. The molecule has 2 aliphatic carbocycles. The van der Waals surface area contributed by atoms with Gasteiger partial charge in [-0.25, -0.2) is 9.97 Å². The minimum Gasteiger partial charge on any atom is -0.448 e. The van der Waals surface area contributed by atoms with Gasteiger partial charge in [-0.2, -0.15) is 5.10 Å². The second kappa shape index (κ2) is 5.68. The SMILES string of the molecule is CCc1ocnc1C(=O)N1C[C@H](c2nc(C3CC3)n[nH]2)[C@@H](C2CC2)C1. The van der Waals surface area contributed by atoms with Crippen molar-refractivity contribution >= 4 is 5.91 Å². The molecule has 132 valence electrons. The molecule has 1 saturated heterocycles. The minimum atomic E-state index is -0.0133. The van der Waals surface area contributed by atoms with E-state index in [4.69, 9.17) is 9.40 Å². The van der Waals surface area contributed by atoms with Crippen LogP contribution in [0.3, 0.4) is 0 Å². The summed E-state index contributed by atoms with van der Waals surface area (Å²) < 4.78 is 5.34. The Labute approximate surface area is 146 Å². The van der Waals surface area contributed by atoms with Crippen LogP contribution in [-0.2, 0) is 6.42 Å². The van der Waals surface area contributed by atoms with Crippen LogP contribution in [0, 0.1) is 11.8 Å². The molecule has 2 aromatic rings. The van der Waals surface area contributed by atoms with E-state index in [1.54, 1.807) is 0 Å². The Morgan fingerprint density at radius 3 is 2.88 bits per heavy atom. The molecule has 7 nitrogen and oxygen atoms in total. The van der Waals surface area contributed by atoms with Crippen LogP contribution in [0.15, 0.2) is 10.8 Å². The van der Waals surface area contributed by atoms with Gasteiger partial charge >= 0.3 is 0 Å². The zero-order valence-electron chi connectivity index (χ0n) is 14.4. The number of rotatable bonds is 5. The zero-order chi connectivity index (χ0) is 17.0. The lowest BCUT2D eigenvalue weighted by Gasteiger charge is -2.15. The Morgan fingerprint density at radius 2 is 2.16 bits per heavy atom. The minimum absolute atomic E-state index is 0.0133. The number of carbonyl (C=O) groups is 1. The van der Waals surface area contributed by atoms with Gasteiger partial charge in [0.1, 0.15) is 11.6 Å². The van der Waals surface area contributed by atoms with E-state index in [0.717, 1.165) is 18.2 Å². The number of hydrogen-bond acceptors (Lipinski definition) is 5. The molecule has 2 atom stereocenters. The van der Waals surface area contributed by atoms with Gasteiger partial charge in [0.15, 0.2) is 17.9 Å². The summed E-state index contributed by atoms with van der Waals surface area (Å²) in [5, 5.41) is 7.58. The van der Waals surface area contributed by atoms with Gasteiger partial charge in [0.2, 0.25) is 0 Å². The van der Waals surface area contributed by atoms with Gasteiger partial charge in [-0.3, -0.25) is 9.89 Å². The van der Waals surface area contributed by atoms with Crippen LogP contribution in [0.4, 0.5) is 0 Å². The third kappa shape index (κ3) is 2.65. The van der Waals surface area contributed by atoms with E-state index in [2.05, 4.69) is 15.2 Å². The summed E-state index contributed by atoms with van der Waals surface area (Å²) in [5.41, 5.74) is 0.467. The molecule has 0 aromatic carbocycles. The van der Waals surface area contributed by atoms with Crippen LogP contribution >= 0.6 is 0 Å². The number of nitrogens with one attached hydrogen (secondary N) is 1. The molecule has 0 unspecified atom stereocenters. The maximum absolute atomic E-state index is 12.9. The highest BCUT2D eigenvalue weighted by Gasteiger charge is 2.46. The largest absolute Gasteiger partial charge is 0.448 e. The highest BCUT2D eigenvalue weighted by Crippen LogP contribution is 2.47. The Morgan fingerprint density at radius 1 is 1.32 bits per heavy atom. The predicted octanol–water partition coefficient (Wildman–Crippen LogP) is 2.50. The van der Waals surface area contributed by atoms with Gasteiger partial charge in [0.25, 0.3) is 5.91 Å². The van der Waals surface area contributed by atoms with Gasteiger partial charge < -0.3 is 9.32 Å². The van der Waals surface area contributed by atoms with Gasteiger partial charge in [-0.1, -0.05) is 6.92 Å². The first-order valence-corrected chi connectivity index (χ1v) is 9.38. The van der Waals surface area contributed by atoms with Crippen molar-refractivity contribution in [2.24, 2.45) is 11.8 Å². The molecule has 25 heavy (non-hydrogen) atoms. The second-order valence-corrected chi connectivity index (χ2v) is 7.65. The number of carbonyl (C=O) groups excluding carboxylic acids is 1. The maximum Gasteiger partial charge on any atom is 0.276 e. The first-order valence-electron chi connectivity index (χ1n) is 9.38. The zero-order valence-corrected chi connectivity index (χ0v) is 14.4. The monoisotopic (exact) mass is 341 g/mol. The van der Waals surface area contributed by atoms with Crippen molar-refractivity contribution in [3.63, 3.8) is 0 Å². The number of aromatic nitrogens is 4. The predicted molar refractivity (Wildman–Crippen MR) is 89.1 cm³/mol. The summed E-state index contributed by atoms with van der Waals surface area (Å²) >= 11 is 0. The average Bonchev–Trinajstić information content (AvgIpc) is 3.51. The first-order chi connectivity index (χ1) is 12.2. The number of aromatic amines is 1. The number of amides is 1. The van der Waals surface area contributed by atoms with Gasteiger partial charge in [-0.05, 0) is 37.5 Å². The van der Waals surface area contributed by atoms with Crippen molar-refractivity contribution in [3.8, 4) is 0 Å². The smallest absolute Gasteiger partial charge is 0.276 e. The summed E-state index contributed by atoms with van der Waals surface area (Å²) in [7, 11) is 0. The average molecular weight is 341 g/mol. The number of oxazole rings is 1. The molecule has 0 spiro atoms.